The lowest BCUT2D eigenvalue weighted by atomic mass is 9.91. The second kappa shape index (κ2) is 12.9. The van der Waals surface area contributed by atoms with Crippen LogP contribution >= 0.6 is 0 Å². The van der Waals surface area contributed by atoms with E-state index < -0.39 is 113 Å². The van der Waals surface area contributed by atoms with Crippen molar-refractivity contribution >= 4 is 23.7 Å². The number of rotatable bonds is 5. The Labute approximate surface area is 241 Å². The third kappa shape index (κ3) is 6.67. The number of amides is 3. The normalized spacial score (nSPS) is 28.3. The number of aromatic nitrogens is 2. The predicted molar refractivity (Wildman–Crippen MR) is 134 cm³/mol. The summed E-state index contributed by atoms with van der Waals surface area (Å²) in [6.45, 7) is 2.66. The van der Waals surface area contributed by atoms with Crippen LogP contribution < -0.4 is 16.0 Å². The summed E-state index contributed by atoms with van der Waals surface area (Å²) < 4.78 is 67.1. The quantitative estimate of drug-likeness (QED) is 0.171. The minimum absolute atomic E-state index is 0.272. The van der Waals surface area contributed by atoms with Gasteiger partial charge in [0.05, 0.1) is 24.2 Å². The lowest BCUT2D eigenvalue weighted by molar-refractivity contribution is -0.166. The summed E-state index contributed by atoms with van der Waals surface area (Å²) in [7, 11) is 0. The highest BCUT2D eigenvalue weighted by Crippen LogP contribution is 2.23. The number of carbonyl (C=O) groups excluding carboxylic acids is 4. The van der Waals surface area contributed by atoms with Crippen LogP contribution in [0.4, 0.5) is 17.6 Å². The van der Waals surface area contributed by atoms with Gasteiger partial charge < -0.3 is 35.6 Å². The number of nitrogens with zero attached hydrogens (tertiary/aromatic N) is 2. The van der Waals surface area contributed by atoms with Crippen LogP contribution in [0.5, 0.6) is 5.75 Å². The van der Waals surface area contributed by atoms with Crippen LogP contribution in [0.2, 0.25) is 0 Å². The largest absolute Gasteiger partial charge is 0.505 e. The molecular formula is C26H27F4N5O8. The molecule has 17 heteroatoms. The van der Waals surface area contributed by atoms with Crippen LogP contribution in [-0.4, -0.2) is 86.9 Å². The lowest BCUT2D eigenvalue weighted by Gasteiger charge is -2.37. The molecule has 5 N–H and O–H groups in total. The molecule has 232 valence electrons. The highest BCUT2D eigenvalue weighted by atomic mass is 19.2. The molecule has 7 atom stereocenters. The standard InChI is InChI=1S/C26H27F4N5O8/c1-9-20(37)12(8-11-15(27)16(28)22(30)35-21(11)29)32-24(39)17(33-25(40)18-13(36)4-3-6-31-18)10(2)43-26(41)19(34-23(9)38)14-5-7-42-14/h3-4,6,9-10,12,14,17,19-20,36-37H,5,7-8H2,1-2H3,(H,32,39)(H,33,40)(H,34,38). The van der Waals surface area contributed by atoms with Gasteiger partial charge in [-0.25, -0.2) is 14.2 Å². The van der Waals surface area contributed by atoms with E-state index in [2.05, 4.69) is 25.9 Å². The summed E-state index contributed by atoms with van der Waals surface area (Å²) in [6.07, 6.45) is -3.77. The topological polar surface area (TPSA) is 189 Å². The van der Waals surface area contributed by atoms with Gasteiger partial charge in [-0.1, -0.05) is 6.92 Å². The molecule has 2 aromatic heterocycles. The minimum Gasteiger partial charge on any atom is -0.505 e. The number of hydrogen-bond acceptors (Lipinski definition) is 10. The number of aromatic hydroxyl groups is 1. The maximum absolute atomic E-state index is 14.6. The van der Waals surface area contributed by atoms with Gasteiger partial charge in [-0.3, -0.25) is 14.4 Å². The molecule has 3 amide bonds. The number of nitrogens with one attached hydrogen (secondary N) is 3. The number of aliphatic hydroxyl groups excluding tert-OH is 1. The maximum atomic E-state index is 14.6. The zero-order valence-corrected chi connectivity index (χ0v) is 22.6. The van der Waals surface area contributed by atoms with Crippen LogP contribution in [0.25, 0.3) is 0 Å². The Morgan fingerprint density at radius 3 is 2.42 bits per heavy atom. The highest BCUT2D eigenvalue weighted by molar-refractivity contribution is 5.98. The van der Waals surface area contributed by atoms with Gasteiger partial charge in [0.1, 0.15) is 17.9 Å². The van der Waals surface area contributed by atoms with E-state index in [4.69, 9.17) is 9.47 Å². The summed E-state index contributed by atoms with van der Waals surface area (Å²) >= 11 is 0. The van der Waals surface area contributed by atoms with E-state index in [9.17, 15) is 47.0 Å². The number of hydrogen-bond donors (Lipinski definition) is 5. The van der Waals surface area contributed by atoms with Gasteiger partial charge >= 0.3 is 5.97 Å². The molecule has 43 heavy (non-hydrogen) atoms. The Bertz CT molecular complexity index is 1430. The highest BCUT2D eigenvalue weighted by Gasteiger charge is 2.43. The SMILES string of the molecule is CC1OC(=O)C(C2CCO2)NC(=O)C(C)C(O)C(Cc2c(F)nc(F)c(F)c2F)NC(=O)C1NC(=O)c1ncccc1O. The van der Waals surface area contributed by atoms with Gasteiger partial charge in [-0.15, -0.1) is 0 Å². The molecule has 0 radical (unpaired) electrons. The lowest BCUT2D eigenvalue weighted by Crippen LogP contribution is -2.62. The van der Waals surface area contributed by atoms with Crippen molar-refractivity contribution in [1.29, 1.82) is 0 Å². The Morgan fingerprint density at radius 2 is 1.79 bits per heavy atom. The summed E-state index contributed by atoms with van der Waals surface area (Å²) in [5, 5.41) is 28.0. The molecule has 4 heterocycles. The molecule has 0 bridgehead atoms. The fourth-order valence-electron chi connectivity index (χ4n) is 4.55. The number of aliphatic hydroxyl groups is 1. The first-order valence-electron chi connectivity index (χ1n) is 13.0. The fraction of sp³-hybridized carbons (Fsp3) is 0.462. The molecule has 0 spiro atoms. The van der Waals surface area contributed by atoms with Crippen molar-refractivity contribution in [3.8, 4) is 5.75 Å². The van der Waals surface area contributed by atoms with Gasteiger partial charge in [0.2, 0.25) is 23.6 Å². The van der Waals surface area contributed by atoms with Crippen LogP contribution in [0.1, 0.15) is 36.3 Å². The second-order valence-corrected chi connectivity index (χ2v) is 10.0. The molecular weight excluding hydrogens is 586 g/mol. The zero-order chi connectivity index (χ0) is 31.6. The zero-order valence-electron chi connectivity index (χ0n) is 22.6. The molecule has 2 aliphatic rings. The molecule has 2 aliphatic heterocycles. The number of pyridine rings is 2. The molecule has 2 aromatic rings. The number of halogens is 4. The van der Waals surface area contributed by atoms with Crippen LogP contribution in [0.3, 0.4) is 0 Å². The van der Waals surface area contributed by atoms with Crippen LogP contribution in [0, 0.1) is 29.4 Å². The van der Waals surface area contributed by atoms with Gasteiger partial charge in [0, 0.05) is 24.8 Å². The van der Waals surface area contributed by atoms with Crippen molar-refractivity contribution in [1.82, 2.24) is 25.9 Å². The molecule has 13 nitrogen and oxygen atoms in total. The number of carbonyl (C=O) groups is 4. The van der Waals surface area contributed by atoms with Gasteiger partial charge in [0.25, 0.3) is 11.9 Å². The van der Waals surface area contributed by atoms with Crippen LogP contribution in [-0.2, 0) is 30.3 Å². The second-order valence-electron chi connectivity index (χ2n) is 10.0. The van der Waals surface area contributed by atoms with Crippen molar-refractivity contribution in [2.24, 2.45) is 5.92 Å². The maximum Gasteiger partial charge on any atom is 0.331 e. The first-order valence-corrected chi connectivity index (χ1v) is 13.0. The van der Waals surface area contributed by atoms with E-state index in [0.29, 0.717) is 6.42 Å². The van der Waals surface area contributed by atoms with Crippen molar-refractivity contribution < 1.29 is 56.4 Å². The van der Waals surface area contributed by atoms with Crippen molar-refractivity contribution in [2.45, 2.75) is 63.1 Å². The van der Waals surface area contributed by atoms with E-state index >= 15 is 0 Å². The first kappa shape index (κ1) is 31.6. The van der Waals surface area contributed by atoms with E-state index in [1.807, 2.05) is 0 Å². The van der Waals surface area contributed by atoms with Gasteiger partial charge in [-0.05, 0) is 25.5 Å². The Balaban J connectivity index is 1.73. The van der Waals surface area contributed by atoms with E-state index in [-0.39, 0.29) is 6.61 Å². The molecule has 0 saturated carbocycles. The Kier molecular flexibility index (Phi) is 9.44. The van der Waals surface area contributed by atoms with Crippen molar-refractivity contribution in [3.63, 3.8) is 0 Å². The Morgan fingerprint density at radius 1 is 1.09 bits per heavy atom. The molecule has 2 fully saturated rings. The van der Waals surface area contributed by atoms with E-state index in [1.54, 1.807) is 0 Å². The molecule has 2 saturated heterocycles. The smallest absolute Gasteiger partial charge is 0.331 e. The average molecular weight is 614 g/mol. The molecule has 0 aliphatic carbocycles. The molecule has 4 rings (SSSR count). The predicted octanol–water partition coefficient (Wildman–Crippen LogP) is -0.219. The monoisotopic (exact) mass is 613 g/mol. The van der Waals surface area contributed by atoms with Crippen molar-refractivity contribution in [2.75, 3.05) is 6.61 Å². The van der Waals surface area contributed by atoms with Gasteiger partial charge in [0.15, 0.2) is 17.6 Å². The minimum atomic E-state index is -2.11. The first-order chi connectivity index (χ1) is 20.3. The molecule has 0 aromatic carbocycles. The van der Waals surface area contributed by atoms with Crippen LogP contribution in [0.15, 0.2) is 18.3 Å². The Hall–Kier alpha value is -4.38. The third-order valence-corrected chi connectivity index (χ3v) is 7.17. The summed E-state index contributed by atoms with van der Waals surface area (Å²) in [6, 6.07) is -2.48. The fourth-order valence-corrected chi connectivity index (χ4v) is 4.55. The van der Waals surface area contributed by atoms with Crippen molar-refractivity contribution in [3.05, 3.63) is 53.1 Å². The third-order valence-electron chi connectivity index (χ3n) is 7.17. The number of esters is 1. The van der Waals surface area contributed by atoms with E-state index in [0.717, 1.165) is 6.07 Å². The summed E-state index contributed by atoms with van der Waals surface area (Å²) in [5.74, 6) is -14.2. The average Bonchev–Trinajstić information content (AvgIpc) is 2.93. The molecule has 7 unspecified atom stereocenters. The van der Waals surface area contributed by atoms with E-state index in [1.165, 1.54) is 26.1 Å². The number of ether oxygens (including phenoxy) is 2. The summed E-state index contributed by atoms with van der Waals surface area (Å²) in [5.41, 5.74) is -1.66. The number of cyclic esters (lactones) is 1. The summed E-state index contributed by atoms with van der Waals surface area (Å²) in [4.78, 5) is 59.0. The van der Waals surface area contributed by atoms with Gasteiger partial charge in [-0.2, -0.15) is 18.2 Å².